The molecule has 1 saturated carbocycles. The number of anilines is 2. The van der Waals surface area contributed by atoms with Gasteiger partial charge in [-0.05, 0) is 50.8 Å². The van der Waals surface area contributed by atoms with Gasteiger partial charge in [0.1, 0.15) is 5.82 Å². The highest BCUT2D eigenvalue weighted by Gasteiger charge is 2.39. The summed E-state index contributed by atoms with van der Waals surface area (Å²) in [6.07, 6.45) is 2.90. The minimum absolute atomic E-state index is 0.0728. The van der Waals surface area contributed by atoms with Gasteiger partial charge in [-0.25, -0.2) is 14.5 Å². The second kappa shape index (κ2) is 8.81. The molecule has 0 unspecified atom stereocenters. The molecule has 4 aromatic heterocycles. The molecule has 6 rings (SSSR count). The van der Waals surface area contributed by atoms with Crippen molar-refractivity contribution in [2.24, 2.45) is 11.8 Å². The number of ether oxygens (including phenoxy) is 1. The number of carbonyl (C=O) groups excluding carboxylic acids is 1. The number of nitrogens with zero attached hydrogens (tertiary/aromatic N) is 6. The van der Waals surface area contributed by atoms with Gasteiger partial charge in [0.25, 0.3) is 0 Å². The van der Waals surface area contributed by atoms with Crippen LogP contribution in [0.4, 0.5) is 11.5 Å². The highest BCUT2D eigenvalue weighted by atomic mass is 16.5. The molecule has 0 bridgehead atoms. The highest BCUT2D eigenvalue weighted by molar-refractivity contribution is 6.00. The molecule has 0 spiro atoms. The number of morpholine rings is 1. The van der Waals surface area contributed by atoms with Crippen LogP contribution in [0.3, 0.4) is 0 Å². The van der Waals surface area contributed by atoms with E-state index in [1.807, 2.05) is 39.1 Å². The van der Waals surface area contributed by atoms with Gasteiger partial charge >= 0.3 is 0 Å². The van der Waals surface area contributed by atoms with Crippen molar-refractivity contribution in [3.63, 3.8) is 0 Å². The van der Waals surface area contributed by atoms with Gasteiger partial charge in [-0.1, -0.05) is 13.8 Å². The SMILES string of the molecule is [2H]C([2H])([2H])C([2H])([2H])c1ncc(-c2nc3ccc(N4C[C@@H](C)O[C@@H](C)C4)cn3n2)c2cc(NC(=O)[C@H]3C[C@H]3C)ncc12. The topological polar surface area (TPSA) is 97.5 Å². The largest absolute Gasteiger partial charge is 0.372 e. The summed E-state index contributed by atoms with van der Waals surface area (Å²) in [6, 6.07) is 5.46. The summed E-state index contributed by atoms with van der Waals surface area (Å²) in [7, 11) is 0. The third-order valence-electron chi connectivity index (χ3n) is 6.93. The first-order valence-corrected chi connectivity index (χ1v) is 12.2. The molecule has 9 nitrogen and oxygen atoms in total. The second-order valence-electron chi connectivity index (χ2n) is 9.86. The Morgan fingerprint density at radius 3 is 2.75 bits per heavy atom. The van der Waals surface area contributed by atoms with E-state index < -0.39 is 13.2 Å². The Balaban J connectivity index is 1.44. The summed E-state index contributed by atoms with van der Waals surface area (Å²) >= 11 is 0. The third kappa shape index (κ3) is 4.17. The van der Waals surface area contributed by atoms with E-state index in [2.05, 4.69) is 25.2 Å². The number of amides is 1. The Kier molecular flexibility index (Phi) is 4.35. The van der Waals surface area contributed by atoms with E-state index in [1.54, 1.807) is 10.6 Å². The van der Waals surface area contributed by atoms with Crippen LogP contribution < -0.4 is 10.2 Å². The lowest BCUT2D eigenvalue weighted by Gasteiger charge is -2.36. The number of nitrogens with one attached hydrogen (secondary N) is 1. The van der Waals surface area contributed by atoms with Crippen LogP contribution >= 0.6 is 0 Å². The summed E-state index contributed by atoms with van der Waals surface area (Å²) in [5.41, 5.74) is 1.77. The molecule has 2 fully saturated rings. The summed E-state index contributed by atoms with van der Waals surface area (Å²) in [5.74, 6) is 0.698. The molecule has 4 atom stereocenters. The Bertz CT molecular complexity index is 1650. The summed E-state index contributed by atoms with van der Waals surface area (Å²) < 4.78 is 47.6. The fourth-order valence-electron chi connectivity index (χ4n) is 4.95. The summed E-state index contributed by atoms with van der Waals surface area (Å²) in [6.45, 7) is 4.63. The fourth-order valence-corrected chi connectivity index (χ4v) is 4.95. The van der Waals surface area contributed by atoms with Gasteiger partial charge in [0, 0.05) is 60.3 Å². The van der Waals surface area contributed by atoms with Crippen molar-refractivity contribution in [2.45, 2.75) is 52.6 Å². The van der Waals surface area contributed by atoms with E-state index in [0.717, 1.165) is 25.2 Å². The molecule has 1 N–H and O–H groups in total. The van der Waals surface area contributed by atoms with Crippen LogP contribution in [0.15, 0.2) is 36.8 Å². The van der Waals surface area contributed by atoms with Gasteiger partial charge in [-0.3, -0.25) is 9.78 Å². The molecule has 1 amide bonds. The van der Waals surface area contributed by atoms with Crippen molar-refractivity contribution >= 4 is 33.8 Å². The van der Waals surface area contributed by atoms with Crippen molar-refractivity contribution in [2.75, 3.05) is 23.3 Å². The molecule has 4 aromatic rings. The Morgan fingerprint density at radius 2 is 2.00 bits per heavy atom. The van der Waals surface area contributed by atoms with Gasteiger partial charge in [-0.15, -0.1) is 5.10 Å². The molecule has 0 aromatic carbocycles. The normalized spacial score (nSPS) is 26.6. The number of aryl methyl sites for hydroxylation is 1. The lowest BCUT2D eigenvalue weighted by atomic mass is 10.1. The maximum absolute atomic E-state index is 12.6. The lowest BCUT2D eigenvalue weighted by molar-refractivity contribution is -0.117. The van der Waals surface area contributed by atoms with E-state index in [1.165, 1.54) is 12.4 Å². The Labute approximate surface area is 216 Å². The number of aromatic nitrogens is 5. The van der Waals surface area contributed by atoms with Gasteiger partial charge in [-0.2, -0.15) is 0 Å². The monoisotopic (exact) mass is 490 g/mol. The zero-order valence-electron chi connectivity index (χ0n) is 25.4. The first-order valence-electron chi connectivity index (χ1n) is 14.7. The number of rotatable bonds is 5. The minimum atomic E-state index is -2.96. The molecule has 1 saturated heterocycles. The van der Waals surface area contributed by atoms with Crippen LogP contribution in [0.5, 0.6) is 0 Å². The molecule has 1 aliphatic heterocycles. The molecule has 5 heterocycles. The van der Waals surface area contributed by atoms with Crippen LogP contribution in [-0.4, -0.2) is 55.8 Å². The van der Waals surface area contributed by atoms with Crippen molar-refractivity contribution in [1.29, 1.82) is 0 Å². The summed E-state index contributed by atoms with van der Waals surface area (Å²) in [5, 5.41) is 8.18. The van der Waals surface area contributed by atoms with E-state index >= 15 is 0 Å². The van der Waals surface area contributed by atoms with Gasteiger partial charge < -0.3 is 15.0 Å². The van der Waals surface area contributed by atoms with Crippen molar-refractivity contribution in [1.82, 2.24) is 24.6 Å². The van der Waals surface area contributed by atoms with Gasteiger partial charge in [0.15, 0.2) is 11.5 Å². The lowest BCUT2D eigenvalue weighted by Crippen LogP contribution is -2.45. The van der Waals surface area contributed by atoms with Crippen LogP contribution in [-0.2, 0) is 15.9 Å². The molecule has 186 valence electrons. The maximum atomic E-state index is 12.6. The van der Waals surface area contributed by atoms with Crippen LogP contribution in [0, 0.1) is 11.8 Å². The van der Waals surface area contributed by atoms with Gasteiger partial charge in [0.2, 0.25) is 5.91 Å². The number of fused-ring (bicyclic) bond motifs is 2. The van der Waals surface area contributed by atoms with Crippen LogP contribution in [0.25, 0.3) is 27.8 Å². The minimum Gasteiger partial charge on any atom is -0.372 e. The first kappa shape index (κ1) is 17.8. The smallest absolute Gasteiger partial charge is 0.228 e. The van der Waals surface area contributed by atoms with E-state index in [-0.39, 0.29) is 40.9 Å². The van der Waals surface area contributed by atoms with E-state index in [9.17, 15) is 4.79 Å². The molecule has 1 aliphatic carbocycles. The predicted octanol–water partition coefficient (Wildman–Crippen LogP) is 4.11. The summed E-state index contributed by atoms with van der Waals surface area (Å²) in [4.78, 5) is 28.1. The van der Waals surface area contributed by atoms with E-state index in [0.29, 0.717) is 28.3 Å². The molecule has 0 radical (unpaired) electrons. The fraction of sp³-hybridized carbons (Fsp3) is 0.444. The first-order chi connectivity index (χ1) is 19.3. The zero-order chi connectivity index (χ0) is 29.3. The van der Waals surface area contributed by atoms with Crippen LogP contribution in [0.2, 0.25) is 0 Å². The average molecular weight is 491 g/mol. The number of pyridine rings is 3. The van der Waals surface area contributed by atoms with Crippen molar-refractivity contribution < 1.29 is 16.4 Å². The van der Waals surface area contributed by atoms with E-state index in [4.69, 9.17) is 16.7 Å². The number of hydrogen-bond donors (Lipinski definition) is 1. The number of hydrogen-bond acceptors (Lipinski definition) is 7. The maximum Gasteiger partial charge on any atom is 0.228 e. The standard InChI is InChI=1S/C27H31N7O2/c1-5-23-21-10-29-24(30-27(35)19-8-15(19)2)9-20(21)22(11-28-23)26-31-25-7-6-18(14-34(25)32-26)33-12-16(3)36-17(4)13-33/h6-7,9-11,14-17,19H,5,8,12-13H2,1-4H3,(H,29,30,35)/t15-,16-,17+,19+/m1/s1/i1D3,5D2. The molecular formula is C27H31N7O2. The molecular weight excluding hydrogens is 454 g/mol. The predicted molar refractivity (Wildman–Crippen MR) is 139 cm³/mol. The van der Waals surface area contributed by atoms with Crippen molar-refractivity contribution in [3.8, 4) is 11.4 Å². The highest BCUT2D eigenvalue weighted by Crippen LogP contribution is 2.38. The van der Waals surface area contributed by atoms with Crippen molar-refractivity contribution in [3.05, 3.63) is 42.5 Å². The molecule has 36 heavy (non-hydrogen) atoms. The number of carbonyl (C=O) groups is 1. The third-order valence-corrected chi connectivity index (χ3v) is 6.93. The average Bonchev–Trinajstić information content (AvgIpc) is 3.48. The Hall–Kier alpha value is -3.59. The second-order valence-corrected chi connectivity index (χ2v) is 9.86. The van der Waals surface area contributed by atoms with Crippen LogP contribution in [0.1, 0.15) is 46.6 Å². The Morgan fingerprint density at radius 1 is 1.19 bits per heavy atom. The molecule has 9 heteroatoms. The quantitative estimate of drug-likeness (QED) is 0.450. The zero-order valence-corrected chi connectivity index (χ0v) is 20.4. The van der Waals surface area contributed by atoms with Gasteiger partial charge in [0.05, 0.1) is 24.1 Å². The molecule has 2 aliphatic rings.